The minimum atomic E-state index is -3.63. The van der Waals surface area contributed by atoms with Crippen molar-refractivity contribution in [2.24, 2.45) is 5.73 Å². The molecule has 0 spiro atoms. The smallest absolute Gasteiger partial charge is 0.240 e. The topological polar surface area (TPSA) is 114 Å². The molecule has 1 aromatic carbocycles. The Morgan fingerprint density at radius 1 is 1.20 bits per heavy atom. The largest absolute Gasteiger partial charge is 0.329 e. The molecule has 0 fully saturated rings. The molecule has 0 aliphatic heterocycles. The molecule has 134 valence electrons. The Morgan fingerprint density at radius 2 is 2.04 bits per heavy atom. The molecule has 0 unspecified atom stereocenters. The van der Waals surface area contributed by atoms with Gasteiger partial charge in [-0.2, -0.15) is 0 Å². The van der Waals surface area contributed by atoms with Crippen molar-refractivity contribution in [1.29, 1.82) is 0 Å². The third-order valence-electron chi connectivity index (χ3n) is 3.07. The Balaban J connectivity index is 1.89. The predicted molar refractivity (Wildman–Crippen MR) is 99.7 cm³/mol. The van der Waals surface area contributed by atoms with Crippen molar-refractivity contribution in [2.75, 3.05) is 24.2 Å². The number of carbonyl (C=O) groups is 1. The molecule has 2 rings (SSSR count). The fourth-order valence-electron chi connectivity index (χ4n) is 1.95. The van der Waals surface area contributed by atoms with Crippen LogP contribution >= 0.6 is 11.8 Å². The van der Waals surface area contributed by atoms with Crippen LogP contribution in [0.15, 0.2) is 53.6 Å². The molecule has 4 N–H and O–H groups in total. The molecule has 9 heteroatoms. The number of rotatable bonds is 9. The first-order valence-electron chi connectivity index (χ1n) is 7.58. The van der Waals surface area contributed by atoms with Gasteiger partial charge in [0.25, 0.3) is 0 Å². The van der Waals surface area contributed by atoms with E-state index in [1.807, 2.05) is 18.2 Å². The Kier molecular flexibility index (Phi) is 7.38. The molecular formula is C16H20N4O3S2. The summed E-state index contributed by atoms with van der Waals surface area (Å²) in [5, 5.41) is 2.70. The second-order valence-electron chi connectivity index (χ2n) is 5.08. The lowest BCUT2D eigenvalue weighted by molar-refractivity contribution is -0.113. The highest BCUT2D eigenvalue weighted by Gasteiger charge is 2.14. The monoisotopic (exact) mass is 380 g/mol. The second-order valence-corrected chi connectivity index (χ2v) is 7.83. The van der Waals surface area contributed by atoms with Crippen LogP contribution in [0.5, 0.6) is 0 Å². The number of nitrogens with one attached hydrogen (secondary N) is 2. The van der Waals surface area contributed by atoms with Crippen LogP contribution in [0.25, 0.3) is 0 Å². The fourth-order valence-corrected chi connectivity index (χ4v) is 3.78. The summed E-state index contributed by atoms with van der Waals surface area (Å²) in [6.07, 6.45) is 1.71. The Morgan fingerprint density at radius 3 is 2.76 bits per heavy atom. The van der Waals surface area contributed by atoms with Crippen molar-refractivity contribution >= 4 is 33.4 Å². The molecule has 0 saturated carbocycles. The molecule has 1 amide bonds. The maximum atomic E-state index is 12.1. The van der Waals surface area contributed by atoms with Crippen LogP contribution < -0.4 is 15.8 Å². The van der Waals surface area contributed by atoms with Crippen LogP contribution in [-0.2, 0) is 20.6 Å². The molecule has 2 aromatic rings. The third kappa shape index (κ3) is 6.46. The minimum Gasteiger partial charge on any atom is -0.329 e. The SMILES string of the molecule is NCCNS(=O)(=O)c1cccc(NC(=O)CSCc2ccccn2)c1. The molecule has 0 atom stereocenters. The third-order valence-corrected chi connectivity index (χ3v) is 5.50. The van der Waals surface area contributed by atoms with Gasteiger partial charge in [-0.25, -0.2) is 13.1 Å². The van der Waals surface area contributed by atoms with Crippen LogP contribution in [-0.4, -0.2) is 38.2 Å². The van der Waals surface area contributed by atoms with Gasteiger partial charge in [0.15, 0.2) is 0 Å². The number of nitrogens with two attached hydrogens (primary N) is 1. The van der Waals surface area contributed by atoms with Gasteiger partial charge in [-0.3, -0.25) is 9.78 Å². The van der Waals surface area contributed by atoms with E-state index in [2.05, 4.69) is 15.0 Å². The van der Waals surface area contributed by atoms with Gasteiger partial charge in [-0.05, 0) is 30.3 Å². The summed E-state index contributed by atoms with van der Waals surface area (Å²) in [6, 6.07) is 11.7. The molecule has 0 bridgehead atoms. The summed E-state index contributed by atoms with van der Waals surface area (Å²) < 4.78 is 26.5. The number of nitrogens with zero attached hydrogens (tertiary/aromatic N) is 1. The first-order valence-corrected chi connectivity index (χ1v) is 10.2. The summed E-state index contributed by atoms with van der Waals surface area (Å²) in [6.45, 7) is 0.367. The van der Waals surface area contributed by atoms with Gasteiger partial charge in [0.2, 0.25) is 15.9 Å². The van der Waals surface area contributed by atoms with Crippen LogP contribution in [0.4, 0.5) is 5.69 Å². The van der Waals surface area contributed by atoms with Crippen molar-refractivity contribution in [2.45, 2.75) is 10.6 Å². The number of sulfonamides is 1. The van der Waals surface area contributed by atoms with Crippen molar-refractivity contribution in [3.63, 3.8) is 0 Å². The average molecular weight is 380 g/mol. The summed E-state index contributed by atoms with van der Waals surface area (Å²) in [7, 11) is -3.63. The van der Waals surface area contributed by atoms with Crippen molar-refractivity contribution in [1.82, 2.24) is 9.71 Å². The highest BCUT2D eigenvalue weighted by atomic mass is 32.2. The van der Waals surface area contributed by atoms with Gasteiger partial charge < -0.3 is 11.1 Å². The maximum absolute atomic E-state index is 12.1. The van der Waals surface area contributed by atoms with E-state index in [0.717, 1.165) is 5.69 Å². The van der Waals surface area contributed by atoms with E-state index in [1.54, 1.807) is 18.3 Å². The summed E-state index contributed by atoms with van der Waals surface area (Å²) >= 11 is 1.44. The van der Waals surface area contributed by atoms with Crippen LogP contribution in [0.2, 0.25) is 0 Å². The van der Waals surface area contributed by atoms with E-state index in [9.17, 15) is 13.2 Å². The maximum Gasteiger partial charge on any atom is 0.240 e. The highest BCUT2D eigenvalue weighted by Crippen LogP contribution is 2.16. The molecule has 7 nitrogen and oxygen atoms in total. The van der Waals surface area contributed by atoms with E-state index < -0.39 is 10.0 Å². The zero-order valence-corrected chi connectivity index (χ0v) is 15.1. The number of hydrogen-bond donors (Lipinski definition) is 3. The van der Waals surface area contributed by atoms with Crippen LogP contribution in [0.3, 0.4) is 0 Å². The molecule has 0 aliphatic carbocycles. The van der Waals surface area contributed by atoms with E-state index in [1.165, 1.54) is 23.9 Å². The second kappa shape index (κ2) is 9.52. The van der Waals surface area contributed by atoms with E-state index in [4.69, 9.17) is 5.73 Å². The van der Waals surface area contributed by atoms with Crippen molar-refractivity contribution < 1.29 is 13.2 Å². The lowest BCUT2D eigenvalue weighted by Gasteiger charge is -2.09. The Bertz CT molecular complexity index is 798. The molecule has 1 heterocycles. The Labute approximate surface area is 151 Å². The number of aromatic nitrogens is 1. The average Bonchev–Trinajstić information content (AvgIpc) is 2.61. The summed E-state index contributed by atoms with van der Waals surface area (Å²) in [4.78, 5) is 16.3. The lowest BCUT2D eigenvalue weighted by Crippen LogP contribution is -2.29. The van der Waals surface area contributed by atoms with Crippen LogP contribution in [0.1, 0.15) is 5.69 Å². The van der Waals surface area contributed by atoms with Crippen LogP contribution in [0, 0.1) is 0 Å². The van der Waals surface area contributed by atoms with Gasteiger partial charge in [0.1, 0.15) is 0 Å². The minimum absolute atomic E-state index is 0.0832. The summed E-state index contributed by atoms with van der Waals surface area (Å²) in [5.74, 6) is 0.676. The molecule has 0 radical (unpaired) electrons. The van der Waals surface area contributed by atoms with E-state index in [0.29, 0.717) is 11.4 Å². The zero-order chi connectivity index (χ0) is 18.1. The number of anilines is 1. The number of benzene rings is 1. The Hall–Kier alpha value is -1.94. The number of carbonyl (C=O) groups excluding carboxylic acids is 1. The normalized spacial score (nSPS) is 11.2. The standard InChI is InChI=1S/C16H20N4O3S2/c17-7-9-19-25(22,23)15-6-3-5-13(10-15)20-16(21)12-24-11-14-4-1-2-8-18-14/h1-6,8,10,19H,7,9,11-12,17H2,(H,20,21). The number of amides is 1. The summed E-state index contributed by atoms with van der Waals surface area (Å²) in [5.41, 5.74) is 6.64. The van der Waals surface area contributed by atoms with E-state index in [-0.39, 0.29) is 29.6 Å². The number of pyridine rings is 1. The van der Waals surface area contributed by atoms with Gasteiger partial charge >= 0.3 is 0 Å². The lowest BCUT2D eigenvalue weighted by atomic mass is 10.3. The fraction of sp³-hybridized carbons (Fsp3) is 0.250. The van der Waals surface area contributed by atoms with Gasteiger partial charge in [-0.15, -0.1) is 11.8 Å². The molecule has 0 aliphatic rings. The molecule has 1 aromatic heterocycles. The highest BCUT2D eigenvalue weighted by molar-refractivity contribution is 7.99. The number of hydrogen-bond acceptors (Lipinski definition) is 6. The van der Waals surface area contributed by atoms with Crippen molar-refractivity contribution in [3.05, 3.63) is 54.4 Å². The number of thioether (sulfide) groups is 1. The molecule has 25 heavy (non-hydrogen) atoms. The quantitative estimate of drug-likeness (QED) is 0.602. The molecular weight excluding hydrogens is 360 g/mol. The first-order chi connectivity index (χ1) is 12.0. The van der Waals surface area contributed by atoms with Gasteiger partial charge in [0, 0.05) is 30.7 Å². The first kappa shape index (κ1) is 19.4. The molecule has 0 saturated heterocycles. The predicted octanol–water partition coefficient (Wildman–Crippen LogP) is 1.19. The van der Waals surface area contributed by atoms with Gasteiger partial charge in [0.05, 0.1) is 16.3 Å². The van der Waals surface area contributed by atoms with Crippen molar-refractivity contribution in [3.8, 4) is 0 Å². The van der Waals surface area contributed by atoms with Gasteiger partial charge in [-0.1, -0.05) is 12.1 Å². The zero-order valence-electron chi connectivity index (χ0n) is 13.5. The van der Waals surface area contributed by atoms with E-state index >= 15 is 0 Å².